The molecule has 1 saturated heterocycles. The molecule has 0 aliphatic carbocycles. The average molecular weight is 186 g/mol. The molecule has 1 aliphatic heterocycles. The van der Waals surface area contributed by atoms with Gasteiger partial charge in [-0.25, -0.2) is 0 Å². The van der Waals surface area contributed by atoms with E-state index in [4.69, 9.17) is 5.21 Å². The Bertz CT molecular complexity index is 233. The largest absolute Gasteiger partial charge is 0.366 e. The summed E-state index contributed by atoms with van der Waals surface area (Å²) in [5, 5.41) is 8.57. The molecule has 0 unspecified atom stereocenters. The molecule has 0 saturated carbocycles. The van der Waals surface area contributed by atoms with E-state index in [0.717, 1.165) is 6.08 Å². The Kier molecular flexibility index (Phi) is 4.39. The summed E-state index contributed by atoms with van der Waals surface area (Å²) in [7, 11) is 0. The molecule has 1 aliphatic rings. The molecule has 0 spiro atoms. The first-order valence-electron chi connectivity index (χ1n) is 3.45. The van der Waals surface area contributed by atoms with Crippen LogP contribution in [0.25, 0.3) is 0 Å². The van der Waals surface area contributed by atoms with Gasteiger partial charge in [-0.1, -0.05) is 6.58 Å². The molecule has 0 radical (unpaired) electrons. The van der Waals surface area contributed by atoms with Crippen molar-refractivity contribution in [3.63, 3.8) is 0 Å². The predicted molar refractivity (Wildman–Crippen MR) is 42.3 cm³/mol. The second-order valence-electron chi connectivity index (χ2n) is 2.21. The number of hydrogen-bond donors (Lipinski definition) is 2. The molecule has 1 rings (SSSR count). The Labute approximate surface area is 74.6 Å². The number of imide groups is 1. The number of rotatable bonds is 1. The smallest absolute Gasteiger partial charge is 0.253 e. The van der Waals surface area contributed by atoms with Crippen LogP contribution in [0.3, 0.4) is 0 Å². The number of hydrogen-bond acceptors (Lipinski definition) is 4. The van der Waals surface area contributed by atoms with E-state index in [1.54, 1.807) is 0 Å². The number of hydroxylamine groups is 2. The topological polar surface area (TPSA) is 101 Å². The Morgan fingerprint density at radius 1 is 1.46 bits per heavy atom. The number of carbonyl (C=O) groups excluding carboxylic acids is 3. The zero-order chi connectivity index (χ0) is 10.4. The van der Waals surface area contributed by atoms with Crippen LogP contribution in [0.1, 0.15) is 12.8 Å². The summed E-state index contributed by atoms with van der Waals surface area (Å²) >= 11 is 0. The highest BCUT2D eigenvalue weighted by molar-refractivity contribution is 6.00. The fraction of sp³-hybridized carbons (Fsp3) is 0.286. The third-order valence-corrected chi connectivity index (χ3v) is 1.23. The predicted octanol–water partition coefficient (Wildman–Crippen LogP) is -0.818. The molecule has 0 aromatic rings. The van der Waals surface area contributed by atoms with Crippen molar-refractivity contribution in [2.24, 2.45) is 5.73 Å². The van der Waals surface area contributed by atoms with Crippen LogP contribution in [0.2, 0.25) is 0 Å². The summed E-state index contributed by atoms with van der Waals surface area (Å²) in [6.07, 6.45) is 1.35. The second-order valence-corrected chi connectivity index (χ2v) is 2.21. The third-order valence-electron chi connectivity index (χ3n) is 1.23. The summed E-state index contributed by atoms with van der Waals surface area (Å²) in [6, 6.07) is 0. The van der Waals surface area contributed by atoms with Gasteiger partial charge in [0.15, 0.2) is 0 Å². The lowest BCUT2D eigenvalue weighted by Crippen LogP contribution is -2.24. The maximum atomic E-state index is 10.2. The van der Waals surface area contributed by atoms with Gasteiger partial charge in [0.1, 0.15) is 0 Å². The average Bonchev–Trinajstić information content (AvgIpc) is 2.37. The van der Waals surface area contributed by atoms with E-state index in [0.29, 0.717) is 0 Å². The van der Waals surface area contributed by atoms with Gasteiger partial charge in [-0.3, -0.25) is 19.6 Å². The third kappa shape index (κ3) is 4.02. The van der Waals surface area contributed by atoms with E-state index >= 15 is 0 Å². The molecule has 0 aromatic heterocycles. The molecule has 1 heterocycles. The SMILES string of the molecule is C=CC(N)=O.O=C1CCC(=O)N1O. The number of primary amides is 1. The van der Waals surface area contributed by atoms with Crippen molar-refractivity contribution in [3.05, 3.63) is 12.7 Å². The van der Waals surface area contributed by atoms with Gasteiger partial charge in [-0.2, -0.15) is 5.06 Å². The molecule has 3 N–H and O–H groups in total. The Balaban J connectivity index is 0.000000252. The van der Waals surface area contributed by atoms with Crippen LogP contribution in [0.5, 0.6) is 0 Å². The maximum absolute atomic E-state index is 10.2. The van der Waals surface area contributed by atoms with E-state index in [1.165, 1.54) is 0 Å². The first-order valence-corrected chi connectivity index (χ1v) is 3.45. The number of carbonyl (C=O) groups is 3. The Hall–Kier alpha value is -1.69. The minimum absolute atomic E-state index is 0.148. The fourth-order valence-electron chi connectivity index (χ4n) is 0.565. The van der Waals surface area contributed by atoms with E-state index in [1.807, 2.05) is 0 Å². The highest BCUT2D eigenvalue weighted by atomic mass is 16.5. The molecule has 1 fully saturated rings. The van der Waals surface area contributed by atoms with Gasteiger partial charge in [0, 0.05) is 12.8 Å². The quantitative estimate of drug-likeness (QED) is 0.317. The van der Waals surface area contributed by atoms with Gasteiger partial charge in [0.05, 0.1) is 0 Å². The van der Waals surface area contributed by atoms with Gasteiger partial charge in [-0.15, -0.1) is 0 Å². The highest BCUT2D eigenvalue weighted by Gasteiger charge is 2.26. The number of nitrogens with two attached hydrogens (primary N) is 1. The molecule has 0 aromatic carbocycles. The molecule has 0 atom stereocenters. The molecular formula is C7H10N2O4. The monoisotopic (exact) mass is 186 g/mol. The summed E-state index contributed by atoms with van der Waals surface area (Å²) < 4.78 is 0. The first kappa shape index (κ1) is 11.3. The Morgan fingerprint density at radius 2 is 1.77 bits per heavy atom. The highest BCUT2D eigenvalue weighted by Crippen LogP contribution is 2.06. The van der Waals surface area contributed by atoms with Crippen molar-refractivity contribution in [2.45, 2.75) is 12.8 Å². The van der Waals surface area contributed by atoms with E-state index in [9.17, 15) is 14.4 Å². The summed E-state index contributed by atoms with van der Waals surface area (Å²) in [4.78, 5) is 30.0. The Morgan fingerprint density at radius 3 is 1.85 bits per heavy atom. The number of amides is 3. The van der Waals surface area contributed by atoms with Gasteiger partial charge in [0.25, 0.3) is 11.8 Å². The van der Waals surface area contributed by atoms with E-state index in [2.05, 4.69) is 12.3 Å². The van der Waals surface area contributed by atoms with Gasteiger partial charge >= 0.3 is 0 Å². The lowest BCUT2D eigenvalue weighted by molar-refractivity contribution is -0.171. The minimum atomic E-state index is -0.505. The van der Waals surface area contributed by atoms with Crippen molar-refractivity contribution >= 4 is 17.7 Å². The number of nitrogens with zero attached hydrogens (tertiary/aromatic N) is 1. The molecule has 6 heteroatoms. The van der Waals surface area contributed by atoms with Crippen LogP contribution in [-0.4, -0.2) is 28.0 Å². The fourth-order valence-corrected chi connectivity index (χ4v) is 0.565. The second kappa shape index (κ2) is 5.04. The molecule has 6 nitrogen and oxygen atoms in total. The van der Waals surface area contributed by atoms with Crippen molar-refractivity contribution in [1.82, 2.24) is 5.06 Å². The van der Waals surface area contributed by atoms with Gasteiger partial charge in [-0.05, 0) is 6.08 Å². The van der Waals surface area contributed by atoms with Crippen LogP contribution >= 0.6 is 0 Å². The van der Waals surface area contributed by atoms with Crippen LogP contribution in [0, 0.1) is 0 Å². The molecule has 0 bridgehead atoms. The standard InChI is InChI=1S/C4H5NO3.C3H5NO/c6-3-1-2-4(7)5(3)8;1-2-3(4)5/h8H,1-2H2;2H,1H2,(H2,4,5). The van der Waals surface area contributed by atoms with Crippen LogP contribution in [0.4, 0.5) is 0 Å². The lowest BCUT2D eigenvalue weighted by Gasteiger charge is -1.98. The van der Waals surface area contributed by atoms with Gasteiger partial charge in [0.2, 0.25) is 5.91 Å². The van der Waals surface area contributed by atoms with E-state index in [-0.39, 0.29) is 17.9 Å². The molecule has 3 amide bonds. The summed E-state index contributed by atoms with van der Waals surface area (Å²) in [5.41, 5.74) is 4.53. The molecule has 13 heavy (non-hydrogen) atoms. The summed E-state index contributed by atoms with van der Waals surface area (Å²) in [6.45, 7) is 3.09. The maximum Gasteiger partial charge on any atom is 0.253 e. The van der Waals surface area contributed by atoms with Crippen LogP contribution in [0.15, 0.2) is 12.7 Å². The van der Waals surface area contributed by atoms with Crippen molar-refractivity contribution in [1.29, 1.82) is 0 Å². The zero-order valence-corrected chi connectivity index (χ0v) is 6.90. The minimum Gasteiger partial charge on any atom is -0.366 e. The molecular weight excluding hydrogens is 176 g/mol. The van der Waals surface area contributed by atoms with Crippen LogP contribution < -0.4 is 5.73 Å². The van der Waals surface area contributed by atoms with Crippen LogP contribution in [-0.2, 0) is 14.4 Å². The van der Waals surface area contributed by atoms with Gasteiger partial charge < -0.3 is 5.73 Å². The first-order chi connectivity index (χ1) is 5.99. The zero-order valence-electron chi connectivity index (χ0n) is 6.90. The van der Waals surface area contributed by atoms with Crippen molar-refractivity contribution in [3.8, 4) is 0 Å². The summed E-state index contributed by atoms with van der Waals surface area (Å²) in [5.74, 6) is -1.49. The van der Waals surface area contributed by atoms with Crippen molar-refractivity contribution in [2.75, 3.05) is 0 Å². The normalized spacial score (nSPS) is 15.0. The lowest BCUT2D eigenvalue weighted by atomic mass is 10.4. The van der Waals surface area contributed by atoms with Crippen molar-refractivity contribution < 1.29 is 19.6 Å². The molecule has 72 valence electrons. The van der Waals surface area contributed by atoms with E-state index < -0.39 is 17.7 Å².